The zero-order valence-corrected chi connectivity index (χ0v) is 27.4. The van der Waals surface area contributed by atoms with Crippen LogP contribution in [0.5, 0.6) is 0 Å². The number of anilines is 2. The normalized spacial score (nSPS) is 11.6. The summed E-state index contributed by atoms with van der Waals surface area (Å²) in [6.07, 6.45) is -4.07. The van der Waals surface area contributed by atoms with E-state index >= 15 is 0 Å². The molecule has 1 aromatic carbocycles. The summed E-state index contributed by atoms with van der Waals surface area (Å²) in [5.41, 5.74) is 1.88. The molecule has 1 rings (SSSR count). The number of amides is 2. The second-order valence-electron chi connectivity index (χ2n) is 10.5. The van der Waals surface area contributed by atoms with Crippen molar-refractivity contribution in [2.45, 2.75) is 46.8 Å². The predicted molar refractivity (Wildman–Crippen MR) is 172 cm³/mol. The third-order valence-electron chi connectivity index (χ3n) is 5.79. The molecular weight excluding hydrogens is 616 g/mol. The number of carbonyl (C=O) groups is 6. The molecule has 0 heterocycles. The lowest BCUT2D eigenvalue weighted by atomic mass is 10.2. The fraction of sp³-hybridized carbons (Fsp3) is 0.394. The van der Waals surface area contributed by atoms with Crippen molar-refractivity contribution in [2.24, 2.45) is 0 Å². The Bertz CT molecular complexity index is 1400. The van der Waals surface area contributed by atoms with Gasteiger partial charge in [-0.2, -0.15) is 0 Å². The number of Topliss-reactive ketones (excluding diaryl/α,β-unsaturated/α-hetero) is 2. The Labute approximate surface area is 273 Å². The van der Waals surface area contributed by atoms with Crippen molar-refractivity contribution in [1.82, 2.24) is 0 Å². The Hall–Kier alpha value is -5.08. The van der Waals surface area contributed by atoms with E-state index in [1.165, 1.54) is 39.8 Å². The maximum atomic E-state index is 12.8. The first-order valence-electron chi connectivity index (χ1n) is 14.2. The Balaban J connectivity index is 2.92. The Morgan fingerprint density at radius 1 is 0.638 bits per heavy atom. The average molecular weight is 659 g/mol. The number of esters is 2. The van der Waals surface area contributed by atoms with Gasteiger partial charge in [-0.3, -0.25) is 20.2 Å². The molecule has 256 valence electrons. The van der Waals surface area contributed by atoms with Crippen LogP contribution in [0.15, 0.2) is 66.8 Å². The quantitative estimate of drug-likeness (QED) is 0.115. The smallest absolute Gasteiger partial charge is 0.412 e. The van der Waals surface area contributed by atoms with Gasteiger partial charge in [0.1, 0.15) is 26.4 Å². The Morgan fingerprint density at radius 3 is 1.47 bits per heavy atom. The van der Waals surface area contributed by atoms with Gasteiger partial charge in [0.25, 0.3) is 0 Å². The third kappa shape index (κ3) is 16.2. The first-order chi connectivity index (χ1) is 22.0. The fourth-order valence-electron chi connectivity index (χ4n) is 3.05. The summed E-state index contributed by atoms with van der Waals surface area (Å²) in [5.74, 6) is -2.12. The summed E-state index contributed by atoms with van der Waals surface area (Å²) in [6.45, 7) is 19.8. The molecular formula is C33H42N2O12. The maximum absolute atomic E-state index is 12.8. The summed E-state index contributed by atoms with van der Waals surface area (Å²) < 4.78 is 31.5. The van der Waals surface area contributed by atoms with Crippen LogP contribution in [0.1, 0.15) is 33.3 Å². The predicted octanol–water partition coefficient (Wildman–Crippen LogP) is 4.39. The minimum absolute atomic E-state index is 0.134. The molecule has 0 aromatic heterocycles. The molecule has 0 aliphatic heterocycles. The van der Waals surface area contributed by atoms with E-state index in [4.69, 9.17) is 28.4 Å². The standard InChI is InChI=1S/C33H42N2O12/c1-19(2)28(36)17-42-13-25(15-44-30(38)21(5)6)46-32(40)34-24-11-10-23(9)27(12-24)35-33(41)47-26(16-45-31(39)22(7)8)14-43-18-29(37)20(3)4/h10-12,25-26H,1,3,5,7,13-18H2,2,4,6,8-9H3,(H,34,40)(H,35,41). The first-order valence-corrected chi connectivity index (χ1v) is 14.2. The van der Waals surface area contributed by atoms with Crippen LogP contribution in [0.25, 0.3) is 0 Å². The molecule has 0 bridgehead atoms. The van der Waals surface area contributed by atoms with Crippen LogP contribution in [0.3, 0.4) is 0 Å². The molecule has 14 heteroatoms. The summed E-state index contributed by atoms with van der Waals surface area (Å²) >= 11 is 0. The van der Waals surface area contributed by atoms with E-state index < -0.39 is 36.3 Å². The SMILES string of the molecule is C=C(C)C(=O)COCC(COC(=O)C(=C)C)OC(=O)Nc1ccc(C)c(NC(=O)OC(COCC(=O)C(=C)C)COC(=O)C(=C)C)c1. The highest BCUT2D eigenvalue weighted by molar-refractivity contribution is 5.95. The number of aryl methyl sites for hydroxylation is 1. The lowest BCUT2D eigenvalue weighted by Crippen LogP contribution is -2.33. The highest BCUT2D eigenvalue weighted by atomic mass is 16.6. The van der Waals surface area contributed by atoms with Gasteiger partial charge in [0, 0.05) is 22.5 Å². The molecule has 2 N–H and O–H groups in total. The van der Waals surface area contributed by atoms with Crippen molar-refractivity contribution in [3.8, 4) is 0 Å². The summed E-state index contributed by atoms with van der Waals surface area (Å²) in [7, 11) is 0. The topological polar surface area (TPSA) is 182 Å². The van der Waals surface area contributed by atoms with Gasteiger partial charge in [-0.1, -0.05) is 32.4 Å². The molecule has 0 spiro atoms. The van der Waals surface area contributed by atoms with E-state index in [9.17, 15) is 28.8 Å². The van der Waals surface area contributed by atoms with E-state index in [0.717, 1.165) is 0 Å². The number of hydrogen-bond acceptors (Lipinski definition) is 12. The average Bonchev–Trinajstić information content (AvgIpc) is 2.99. The van der Waals surface area contributed by atoms with Crippen molar-refractivity contribution in [3.63, 3.8) is 0 Å². The van der Waals surface area contributed by atoms with Crippen LogP contribution >= 0.6 is 0 Å². The minimum Gasteiger partial charge on any atom is -0.458 e. The molecule has 1 aromatic rings. The number of nitrogens with one attached hydrogen (secondary N) is 2. The van der Waals surface area contributed by atoms with Gasteiger partial charge in [0.05, 0.1) is 13.2 Å². The van der Waals surface area contributed by atoms with Crippen molar-refractivity contribution in [3.05, 3.63) is 72.4 Å². The Kier molecular flexibility index (Phi) is 17.1. The molecule has 2 atom stereocenters. The van der Waals surface area contributed by atoms with Gasteiger partial charge in [-0.25, -0.2) is 19.2 Å². The lowest BCUT2D eigenvalue weighted by molar-refractivity contribution is -0.144. The van der Waals surface area contributed by atoms with Gasteiger partial charge < -0.3 is 28.4 Å². The van der Waals surface area contributed by atoms with E-state index in [1.54, 1.807) is 13.0 Å². The molecule has 0 aliphatic rings. The van der Waals surface area contributed by atoms with Crippen molar-refractivity contribution in [1.29, 1.82) is 0 Å². The van der Waals surface area contributed by atoms with Crippen LogP contribution in [-0.2, 0) is 47.6 Å². The van der Waals surface area contributed by atoms with E-state index in [1.807, 2.05) is 0 Å². The fourth-order valence-corrected chi connectivity index (χ4v) is 3.05. The van der Waals surface area contributed by atoms with E-state index in [2.05, 4.69) is 36.9 Å². The number of carbonyl (C=O) groups excluding carboxylic acids is 6. The molecule has 14 nitrogen and oxygen atoms in total. The summed E-state index contributed by atoms with van der Waals surface area (Å²) in [4.78, 5) is 72.8. The van der Waals surface area contributed by atoms with Gasteiger partial charge in [0.15, 0.2) is 23.8 Å². The van der Waals surface area contributed by atoms with Gasteiger partial charge in [-0.05, 0) is 63.5 Å². The molecule has 2 amide bonds. The monoisotopic (exact) mass is 658 g/mol. The highest BCUT2D eigenvalue weighted by Crippen LogP contribution is 2.21. The number of benzene rings is 1. The van der Waals surface area contributed by atoms with Gasteiger partial charge >= 0.3 is 24.1 Å². The molecule has 47 heavy (non-hydrogen) atoms. The molecule has 2 unspecified atom stereocenters. The van der Waals surface area contributed by atoms with Gasteiger partial charge in [0.2, 0.25) is 0 Å². The second-order valence-corrected chi connectivity index (χ2v) is 10.5. The van der Waals surface area contributed by atoms with Crippen LogP contribution in [0, 0.1) is 6.92 Å². The van der Waals surface area contributed by atoms with Crippen LogP contribution in [-0.4, -0.2) is 87.5 Å². The second kappa shape index (κ2) is 20.1. The van der Waals surface area contributed by atoms with Gasteiger partial charge in [-0.15, -0.1) is 0 Å². The number of hydrogen-bond donors (Lipinski definition) is 2. The molecule has 0 aliphatic carbocycles. The highest BCUT2D eigenvalue weighted by Gasteiger charge is 2.21. The van der Waals surface area contributed by atoms with E-state index in [-0.39, 0.29) is 84.9 Å². The van der Waals surface area contributed by atoms with Crippen LogP contribution in [0.2, 0.25) is 0 Å². The molecule has 0 fully saturated rings. The number of ketones is 2. The zero-order chi connectivity index (χ0) is 35.7. The van der Waals surface area contributed by atoms with Crippen LogP contribution in [0.4, 0.5) is 21.0 Å². The maximum Gasteiger partial charge on any atom is 0.412 e. The van der Waals surface area contributed by atoms with E-state index in [0.29, 0.717) is 5.56 Å². The number of rotatable bonds is 20. The van der Waals surface area contributed by atoms with Crippen molar-refractivity contribution in [2.75, 3.05) is 50.3 Å². The summed E-state index contributed by atoms with van der Waals surface area (Å²) in [5, 5.41) is 5.04. The van der Waals surface area contributed by atoms with Crippen molar-refractivity contribution < 1.29 is 57.2 Å². The minimum atomic E-state index is -1.09. The largest absolute Gasteiger partial charge is 0.458 e. The Morgan fingerprint density at radius 2 is 1.06 bits per heavy atom. The molecule has 0 radical (unpaired) electrons. The van der Waals surface area contributed by atoms with Crippen molar-refractivity contribution >= 4 is 47.1 Å². The van der Waals surface area contributed by atoms with Crippen LogP contribution < -0.4 is 10.6 Å². The number of ether oxygens (including phenoxy) is 6. The summed E-state index contributed by atoms with van der Waals surface area (Å²) in [6, 6.07) is 4.56. The zero-order valence-electron chi connectivity index (χ0n) is 27.4. The third-order valence-corrected chi connectivity index (χ3v) is 5.79. The molecule has 0 saturated carbocycles. The molecule has 0 saturated heterocycles. The lowest BCUT2D eigenvalue weighted by Gasteiger charge is -2.20. The first kappa shape index (κ1) is 39.9.